The summed E-state index contributed by atoms with van der Waals surface area (Å²) in [5, 5.41) is 2.68. The van der Waals surface area contributed by atoms with Gasteiger partial charge in [-0.1, -0.05) is 12.1 Å². The van der Waals surface area contributed by atoms with Crippen LogP contribution in [-0.2, 0) is 4.79 Å². The summed E-state index contributed by atoms with van der Waals surface area (Å²) in [5.74, 6) is 1.28. The number of anilines is 1. The summed E-state index contributed by atoms with van der Waals surface area (Å²) in [6, 6.07) is 13.1. The first-order valence-electron chi connectivity index (χ1n) is 6.30. The monoisotopic (exact) mass is 289 g/mol. The zero-order valence-corrected chi connectivity index (χ0v) is 12.2. The molecule has 0 fully saturated rings. The van der Waals surface area contributed by atoms with Crippen LogP contribution >= 0.6 is 11.6 Å². The van der Waals surface area contributed by atoms with Crippen molar-refractivity contribution in [3.8, 4) is 11.5 Å². The molecule has 0 radical (unpaired) electrons. The Morgan fingerprint density at radius 3 is 2.50 bits per heavy atom. The number of carbonyl (C=O) groups excluding carboxylic acids is 1. The smallest absolute Gasteiger partial charge is 0.239 e. The van der Waals surface area contributed by atoms with Crippen molar-refractivity contribution in [2.45, 2.75) is 13.8 Å². The number of amides is 1. The summed E-state index contributed by atoms with van der Waals surface area (Å²) in [4.78, 5) is 11.2. The minimum atomic E-state index is -0.227. The fourth-order valence-corrected chi connectivity index (χ4v) is 1.83. The lowest BCUT2D eigenvalue weighted by molar-refractivity contribution is -0.113. The van der Waals surface area contributed by atoms with Crippen molar-refractivity contribution in [3.63, 3.8) is 0 Å². The van der Waals surface area contributed by atoms with Crippen LogP contribution in [0.25, 0.3) is 0 Å². The van der Waals surface area contributed by atoms with Crippen LogP contribution in [0.15, 0.2) is 42.5 Å². The van der Waals surface area contributed by atoms with E-state index >= 15 is 0 Å². The van der Waals surface area contributed by atoms with E-state index in [2.05, 4.69) is 5.32 Å². The van der Waals surface area contributed by atoms with Gasteiger partial charge in [0.05, 0.1) is 0 Å². The SMILES string of the molecule is Cc1cccc(Oc2ccc(NC(=O)CCl)cc2)c1C. The van der Waals surface area contributed by atoms with E-state index in [-0.39, 0.29) is 11.8 Å². The highest BCUT2D eigenvalue weighted by Crippen LogP contribution is 2.27. The zero-order chi connectivity index (χ0) is 14.5. The first-order valence-corrected chi connectivity index (χ1v) is 6.83. The average molecular weight is 290 g/mol. The second kappa shape index (κ2) is 6.44. The van der Waals surface area contributed by atoms with Gasteiger partial charge in [0.2, 0.25) is 5.91 Å². The van der Waals surface area contributed by atoms with Crippen molar-refractivity contribution >= 4 is 23.2 Å². The molecular weight excluding hydrogens is 274 g/mol. The van der Waals surface area contributed by atoms with Gasteiger partial charge in [0.1, 0.15) is 17.4 Å². The molecule has 20 heavy (non-hydrogen) atoms. The Bertz CT molecular complexity index is 608. The Morgan fingerprint density at radius 2 is 1.85 bits per heavy atom. The van der Waals surface area contributed by atoms with Gasteiger partial charge in [-0.2, -0.15) is 0 Å². The van der Waals surface area contributed by atoms with E-state index in [1.807, 2.05) is 44.2 Å². The van der Waals surface area contributed by atoms with Gasteiger partial charge < -0.3 is 10.1 Å². The van der Waals surface area contributed by atoms with Gasteiger partial charge in [0.25, 0.3) is 0 Å². The van der Waals surface area contributed by atoms with Gasteiger partial charge >= 0.3 is 0 Å². The van der Waals surface area contributed by atoms with E-state index in [4.69, 9.17) is 16.3 Å². The number of hydrogen-bond donors (Lipinski definition) is 1. The van der Waals surface area contributed by atoms with E-state index in [0.29, 0.717) is 5.69 Å². The van der Waals surface area contributed by atoms with Crippen LogP contribution in [0, 0.1) is 13.8 Å². The Morgan fingerprint density at radius 1 is 1.15 bits per heavy atom. The number of rotatable bonds is 4. The van der Waals surface area contributed by atoms with Gasteiger partial charge in [-0.3, -0.25) is 4.79 Å². The van der Waals surface area contributed by atoms with Crippen molar-refractivity contribution in [2.24, 2.45) is 0 Å². The van der Waals surface area contributed by atoms with Crippen molar-refractivity contribution in [3.05, 3.63) is 53.6 Å². The molecule has 2 rings (SSSR count). The molecule has 0 saturated carbocycles. The number of nitrogens with one attached hydrogen (secondary N) is 1. The Hall–Kier alpha value is -2.00. The third-order valence-electron chi connectivity index (χ3n) is 3.04. The molecule has 4 heteroatoms. The molecule has 1 N–H and O–H groups in total. The van der Waals surface area contributed by atoms with Crippen LogP contribution in [0.4, 0.5) is 5.69 Å². The number of hydrogen-bond acceptors (Lipinski definition) is 2. The molecule has 104 valence electrons. The number of aryl methyl sites for hydroxylation is 1. The molecule has 0 aliphatic carbocycles. The van der Waals surface area contributed by atoms with E-state index in [9.17, 15) is 4.79 Å². The second-order valence-electron chi connectivity index (χ2n) is 4.51. The lowest BCUT2D eigenvalue weighted by Gasteiger charge is -2.11. The molecule has 2 aromatic carbocycles. The highest BCUT2D eigenvalue weighted by atomic mass is 35.5. The molecule has 0 unspecified atom stereocenters. The van der Waals surface area contributed by atoms with Crippen molar-refractivity contribution < 1.29 is 9.53 Å². The van der Waals surface area contributed by atoms with Crippen molar-refractivity contribution in [1.29, 1.82) is 0 Å². The summed E-state index contributed by atoms with van der Waals surface area (Å²) >= 11 is 5.44. The molecule has 3 nitrogen and oxygen atoms in total. The van der Waals surface area contributed by atoms with Gasteiger partial charge in [-0.25, -0.2) is 0 Å². The number of benzene rings is 2. The molecule has 0 spiro atoms. The maximum absolute atomic E-state index is 11.2. The molecule has 0 aromatic heterocycles. The molecule has 0 aliphatic rings. The van der Waals surface area contributed by atoms with Crippen LogP contribution < -0.4 is 10.1 Å². The lowest BCUT2D eigenvalue weighted by Crippen LogP contribution is -2.12. The summed E-state index contributed by atoms with van der Waals surface area (Å²) < 4.78 is 5.84. The Labute approximate surface area is 123 Å². The summed E-state index contributed by atoms with van der Waals surface area (Å²) in [6.45, 7) is 4.08. The van der Waals surface area contributed by atoms with Crippen LogP contribution in [0.3, 0.4) is 0 Å². The normalized spacial score (nSPS) is 10.2. The van der Waals surface area contributed by atoms with Gasteiger partial charge in [-0.05, 0) is 55.3 Å². The molecule has 0 saturated heterocycles. The third-order valence-corrected chi connectivity index (χ3v) is 3.28. The first kappa shape index (κ1) is 14.4. The average Bonchev–Trinajstić information content (AvgIpc) is 2.46. The molecule has 0 atom stereocenters. The van der Waals surface area contributed by atoms with Gasteiger partial charge in [0, 0.05) is 5.69 Å². The summed E-state index contributed by atoms with van der Waals surface area (Å²) in [6.07, 6.45) is 0. The molecule has 2 aromatic rings. The standard InChI is InChI=1S/C16H16ClNO2/c1-11-4-3-5-15(12(11)2)20-14-8-6-13(7-9-14)18-16(19)10-17/h3-9H,10H2,1-2H3,(H,18,19). The lowest BCUT2D eigenvalue weighted by atomic mass is 10.1. The topological polar surface area (TPSA) is 38.3 Å². The Kier molecular flexibility index (Phi) is 4.64. The van der Waals surface area contributed by atoms with E-state index in [1.54, 1.807) is 12.1 Å². The maximum atomic E-state index is 11.2. The predicted octanol–water partition coefficient (Wildman–Crippen LogP) is 4.27. The predicted molar refractivity (Wildman–Crippen MR) is 81.8 cm³/mol. The quantitative estimate of drug-likeness (QED) is 0.854. The van der Waals surface area contributed by atoms with Gasteiger partial charge in [-0.15, -0.1) is 11.6 Å². The van der Waals surface area contributed by atoms with Crippen LogP contribution in [0.5, 0.6) is 11.5 Å². The van der Waals surface area contributed by atoms with Gasteiger partial charge in [0.15, 0.2) is 0 Å². The fraction of sp³-hybridized carbons (Fsp3) is 0.188. The van der Waals surface area contributed by atoms with Crippen molar-refractivity contribution in [1.82, 2.24) is 0 Å². The number of halogens is 1. The van der Waals surface area contributed by atoms with Crippen LogP contribution in [0.2, 0.25) is 0 Å². The molecule has 0 bridgehead atoms. The minimum absolute atomic E-state index is 0.0548. The van der Waals surface area contributed by atoms with Crippen LogP contribution in [0.1, 0.15) is 11.1 Å². The van der Waals surface area contributed by atoms with E-state index in [1.165, 1.54) is 5.56 Å². The highest BCUT2D eigenvalue weighted by Gasteiger charge is 2.04. The second-order valence-corrected chi connectivity index (χ2v) is 4.77. The molecule has 0 heterocycles. The summed E-state index contributed by atoms with van der Waals surface area (Å²) in [7, 11) is 0. The fourth-order valence-electron chi connectivity index (χ4n) is 1.76. The number of carbonyl (C=O) groups is 1. The molecule has 1 amide bonds. The highest BCUT2D eigenvalue weighted by molar-refractivity contribution is 6.29. The molecule has 0 aliphatic heterocycles. The number of ether oxygens (including phenoxy) is 1. The third kappa shape index (κ3) is 3.52. The Balaban J connectivity index is 2.11. The minimum Gasteiger partial charge on any atom is -0.457 e. The zero-order valence-electron chi connectivity index (χ0n) is 11.4. The first-order chi connectivity index (χ1) is 9.60. The van der Waals surface area contributed by atoms with E-state index in [0.717, 1.165) is 17.1 Å². The molecular formula is C16H16ClNO2. The largest absolute Gasteiger partial charge is 0.457 e. The van der Waals surface area contributed by atoms with Crippen LogP contribution in [-0.4, -0.2) is 11.8 Å². The number of alkyl halides is 1. The summed E-state index contributed by atoms with van der Waals surface area (Å²) in [5.41, 5.74) is 3.00. The van der Waals surface area contributed by atoms with Crippen molar-refractivity contribution in [2.75, 3.05) is 11.2 Å². The maximum Gasteiger partial charge on any atom is 0.239 e. The van der Waals surface area contributed by atoms with E-state index < -0.39 is 0 Å².